The number of nitrogens with zero attached hydrogens (tertiary/aromatic N) is 4. The van der Waals surface area contributed by atoms with Crippen LogP contribution in [0.25, 0.3) is 5.78 Å². The summed E-state index contributed by atoms with van der Waals surface area (Å²) in [7, 11) is 0. The predicted octanol–water partition coefficient (Wildman–Crippen LogP) is 4.00. The van der Waals surface area contributed by atoms with Crippen molar-refractivity contribution in [3.63, 3.8) is 0 Å². The number of carbonyl (C=O) groups excluding carboxylic acids is 1. The topological polar surface area (TPSA) is 103 Å². The Morgan fingerprint density at radius 3 is 2.59 bits per heavy atom. The molecule has 0 aliphatic carbocycles. The van der Waals surface area contributed by atoms with Crippen LogP contribution in [0.1, 0.15) is 31.1 Å². The molecule has 9 heteroatoms. The van der Waals surface area contributed by atoms with Crippen molar-refractivity contribution >= 4 is 23.2 Å². The SMILES string of the molecule is Cc1ccc(NC(=O)Nc2ccccc2OCc2cc(=O)n3c(ncn3C(C)C)n2)cc1. The summed E-state index contributed by atoms with van der Waals surface area (Å²) in [6.07, 6.45) is 1.59. The molecule has 4 rings (SSSR count). The first-order chi connectivity index (χ1) is 15.4. The molecule has 4 aromatic rings. The Hall–Kier alpha value is -4.14. The summed E-state index contributed by atoms with van der Waals surface area (Å²) in [5.41, 5.74) is 2.51. The summed E-state index contributed by atoms with van der Waals surface area (Å²) < 4.78 is 9.01. The normalized spacial score (nSPS) is 11.0. The van der Waals surface area contributed by atoms with E-state index in [2.05, 4.69) is 20.6 Å². The number of rotatable bonds is 6. The molecule has 2 aromatic carbocycles. The van der Waals surface area contributed by atoms with Gasteiger partial charge in [0.2, 0.25) is 0 Å². The van der Waals surface area contributed by atoms with Crippen LogP contribution in [0.2, 0.25) is 0 Å². The molecule has 2 amide bonds. The standard InChI is InChI=1S/C23H24N6O3/c1-15(2)28-14-24-22-25-18(12-21(30)29(22)28)13-32-20-7-5-4-6-19(20)27-23(31)26-17-10-8-16(3)9-11-17/h4-12,14-15H,13H2,1-3H3,(H2,26,27,31). The van der Waals surface area contributed by atoms with Crippen molar-refractivity contribution in [2.45, 2.75) is 33.4 Å². The lowest BCUT2D eigenvalue weighted by Crippen LogP contribution is -2.23. The third kappa shape index (κ3) is 4.61. The molecule has 0 saturated carbocycles. The number of para-hydroxylation sites is 2. The maximum Gasteiger partial charge on any atom is 0.323 e. The number of anilines is 2. The van der Waals surface area contributed by atoms with Crippen LogP contribution in [-0.4, -0.2) is 25.2 Å². The van der Waals surface area contributed by atoms with E-state index in [1.165, 1.54) is 10.6 Å². The summed E-state index contributed by atoms with van der Waals surface area (Å²) in [5, 5.41) is 5.57. The Kier molecular flexibility index (Phi) is 5.89. The summed E-state index contributed by atoms with van der Waals surface area (Å²) >= 11 is 0. The summed E-state index contributed by atoms with van der Waals surface area (Å²) in [6.45, 7) is 5.96. The van der Waals surface area contributed by atoms with Crippen LogP contribution in [0.5, 0.6) is 5.75 Å². The van der Waals surface area contributed by atoms with Gasteiger partial charge in [-0.1, -0.05) is 29.8 Å². The number of ether oxygens (including phenoxy) is 1. The molecule has 0 fully saturated rings. The van der Waals surface area contributed by atoms with Gasteiger partial charge in [0.1, 0.15) is 18.7 Å². The van der Waals surface area contributed by atoms with E-state index in [1.54, 1.807) is 35.3 Å². The number of amides is 2. The fraction of sp³-hybridized carbons (Fsp3) is 0.217. The lowest BCUT2D eigenvalue weighted by atomic mass is 10.2. The smallest absolute Gasteiger partial charge is 0.323 e. The lowest BCUT2D eigenvalue weighted by Gasteiger charge is -2.13. The first kappa shape index (κ1) is 21.1. The number of hydrogen-bond acceptors (Lipinski definition) is 5. The van der Waals surface area contributed by atoms with Crippen molar-refractivity contribution in [3.05, 3.63) is 82.5 Å². The molecule has 2 aromatic heterocycles. The van der Waals surface area contributed by atoms with Crippen LogP contribution in [0.3, 0.4) is 0 Å². The molecule has 32 heavy (non-hydrogen) atoms. The van der Waals surface area contributed by atoms with Crippen LogP contribution < -0.4 is 20.9 Å². The third-order valence-electron chi connectivity index (χ3n) is 4.80. The van der Waals surface area contributed by atoms with E-state index in [-0.39, 0.29) is 24.2 Å². The third-order valence-corrected chi connectivity index (χ3v) is 4.80. The van der Waals surface area contributed by atoms with Gasteiger partial charge in [0.05, 0.1) is 11.4 Å². The van der Waals surface area contributed by atoms with Crippen molar-refractivity contribution in [2.75, 3.05) is 10.6 Å². The van der Waals surface area contributed by atoms with Crippen molar-refractivity contribution < 1.29 is 9.53 Å². The number of carbonyl (C=O) groups is 1. The highest BCUT2D eigenvalue weighted by Gasteiger charge is 2.12. The highest BCUT2D eigenvalue weighted by atomic mass is 16.5. The van der Waals surface area contributed by atoms with E-state index in [9.17, 15) is 9.59 Å². The zero-order chi connectivity index (χ0) is 22.7. The van der Waals surface area contributed by atoms with Crippen molar-refractivity contribution in [2.24, 2.45) is 0 Å². The maximum absolute atomic E-state index is 12.5. The molecular weight excluding hydrogens is 408 g/mol. The Morgan fingerprint density at radius 2 is 1.84 bits per heavy atom. The van der Waals surface area contributed by atoms with Gasteiger partial charge < -0.3 is 15.4 Å². The van der Waals surface area contributed by atoms with Gasteiger partial charge in [0.15, 0.2) is 0 Å². The number of aromatic nitrogens is 4. The largest absolute Gasteiger partial charge is 0.485 e. The second-order valence-electron chi connectivity index (χ2n) is 7.65. The Bertz CT molecular complexity index is 1310. The number of nitrogens with one attached hydrogen (secondary N) is 2. The number of benzene rings is 2. The number of aryl methyl sites for hydroxylation is 1. The number of hydrogen-bond donors (Lipinski definition) is 2. The van der Waals surface area contributed by atoms with Gasteiger partial charge >= 0.3 is 6.03 Å². The van der Waals surface area contributed by atoms with Crippen LogP contribution in [-0.2, 0) is 6.61 Å². The molecule has 0 aliphatic rings. The van der Waals surface area contributed by atoms with E-state index < -0.39 is 0 Å². The molecule has 0 bridgehead atoms. The molecule has 0 unspecified atom stereocenters. The van der Waals surface area contributed by atoms with Gasteiger partial charge in [0.25, 0.3) is 11.3 Å². The van der Waals surface area contributed by atoms with Gasteiger partial charge in [-0.3, -0.25) is 9.48 Å². The first-order valence-electron chi connectivity index (χ1n) is 10.2. The molecular formula is C23H24N6O3. The molecule has 9 nitrogen and oxygen atoms in total. The van der Waals surface area contributed by atoms with Gasteiger partial charge in [-0.2, -0.15) is 9.50 Å². The molecule has 2 N–H and O–H groups in total. The van der Waals surface area contributed by atoms with Crippen LogP contribution in [0.15, 0.2) is 65.7 Å². The number of fused-ring (bicyclic) bond motifs is 1. The predicted molar refractivity (Wildman–Crippen MR) is 122 cm³/mol. The van der Waals surface area contributed by atoms with Crippen molar-refractivity contribution in [3.8, 4) is 5.75 Å². The van der Waals surface area contributed by atoms with Crippen LogP contribution in [0.4, 0.5) is 16.2 Å². The van der Waals surface area contributed by atoms with Gasteiger partial charge in [-0.15, -0.1) is 0 Å². The second kappa shape index (κ2) is 8.93. The van der Waals surface area contributed by atoms with E-state index in [0.29, 0.717) is 28.6 Å². The van der Waals surface area contributed by atoms with Crippen molar-refractivity contribution in [1.82, 2.24) is 19.2 Å². The van der Waals surface area contributed by atoms with E-state index in [0.717, 1.165) is 5.56 Å². The second-order valence-corrected chi connectivity index (χ2v) is 7.65. The minimum Gasteiger partial charge on any atom is -0.485 e. The fourth-order valence-corrected chi connectivity index (χ4v) is 3.18. The Morgan fingerprint density at radius 1 is 1.09 bits per heavy atom. The fourth-order valence-electron chi connectivity index (χ4n) is 3.18. The molecule has 0 atom stereocenters. The van der Waals surface area contributed by atoms with Crippen LogP contribution in [0, 0.1) is 6.92 Å². The average molecular weight is 432 g/mol. The molecule has 0 saturated heterocycles. The minimum absolute atomic E-state index is 0.0541. The highest BCUT2D eigenvalue weighted by Crippen LogP contribution is 2.25. The quantitative estimate of drug-likeness (QED) is 0.479. The zero-order valence-corrected chi connectivity index (χ0v) is 18.1. The minimum atomic E-state index is -0.387. The molecule has 2 heterocycles. The molecule has 0 aliphatic heterocycles. The zero-order valence-electron chi connectivity index (χ0n) is 18.1. The van der Waals surface area contributed by atoms with Crippen molar-refractivity contribution in [1.29, 1.82) is 0 Å². The summed E-state index contributed by atoms with van der Waals surface area (Å²) in [6, 6.07) is 15.7. The van der Waals surface area contributed by atoms with E-state index in [1.807, 2.05) is 45.0 Å². The Labute approximate surface area is 184 Å². The number of urea groups is 1. The molecule has 0 spiro atoms. The molecule has 0 radical (unpaired) electrons. The summed E-state index contributed by atoms with van der Waals surface area (Å²) in [5.74, 6) is 0.773. The monoisotopic (exact) mass is 432 g/mol. The van der Waals surface area contributed by atoms with Gasteiger partial charge in [-0.25, -0.2) is 9.78 Å². The average Bonchev–Trinajstić information content (AvgIpc) is 3.20. The van der Waals surface area contributed by atoms with E-state index >= 15 is 0 Å². The van der Waals surface area contributed by atoms with E-state index in [4.69, 9.17) is 4.74 Å². The lowest BCUT2D eigenvalue weighted by molar-refractivity contribution is 0.261. The highest BCUT2D eigenvalue weighted by molar-refractivity contribution is 6.00. The Balaban J connectivity index is 1.47. The van der Waals surface area contributed by atoms with Gasteiger partial charge in [0, 0.05) is 17.8 Å². The van der Waals surface area contributed by atoms with Crippen LogP contribution >= 0.6 is 0 Å². The first-order valence-corrected chi connectivity index (χ1v) is 10.2. The molecule has 164 valence electrons. The maximum atomic E-state index is 12.5. The van der Waals surface area contributed by atoms with Gasteiger partial charge in [-0.05, 0) is 45.0 Å². The summed E-state index contributed by atoms with van der Waals surface area (Å²) in [4.78, 5) is 33.6.